The number of benzene rings is 2. The predicted molar refractivity (Wildman–Crippen MR) is 113 cm³/mol. The molecule has 7 nitrogen and oxygen atoms in total. The van der Waals surface area contributed by atoms with Crippen LogP contribution in [0.5, 0.6) is 5.75 Å². The minimum Gasteiger partial charge on any atom is -0.497 e. The van der Waals surface area contributed by atoms with E-state index in [2.05, 4.69) is 5.32 Å². The van der Waals surface area contributed by atoms with E-state index in [1.807, 2.05) is 0 Å². The van der Waals surface area contributed by atoms with Gasteiger partial charge in [0.1, 0.15) is 22.8 Å². The number of methoxy groups -OCH3 is 1. The normalized spacial score (nSPS) is 10.9. The Morgan fingerprint density at radius 1 is 1.13 bits per heavy atom. The van der Waals surface area contributed by atoms with E-state index in [0.29, 0.717) is 27.3 Å². The topological polar surface area (TPSA) is 82.3 Å². The van der Waals surface area contributed by atoms with E-state index in [1.165, 1.54) is 47.3 Å². The number of carbonyl (C=O) groups is 1. The van der Waals surface area contributed by atoms with Gasteiger partial charge in [-0.25, -0.2) is 13.8 Å². The molecule has 0 saturated heterocycles. The molecule has 0 radical (unpaired) electrons. The maximum Gasteiger partial charge on any atom is 0.336 e. The molecule has 0 aliphatic rings. The molecule has 30 heavy (non-hydrogen) atoms. The van der Waals surface area contributed by atoms with Gasteiger partial charge in [-0.3, -0.25) is 14.2 Å². The molecule has 0 spiro atoms. The average Bonchev–Trinajstić information content (AvgIpc) is 3.23. The van der Waals surface area contributed by atoms with Gasteiger partial charge in [-0.15, -0.1) is 11.3 Å². The quantitative estimate of drug-likeness (QED) is 0.533. The molecule has 2 aromatic heterocycles. The van der Waals surface area contributed by atoms with Crippen molar-refractivity contribution in [3.63, 3.8) is 0 Å². The van der Waals surface area contributed by atoms with Crippen LogP contribution in [-0.4, -0.2) is 22.2 Å². The van der Waals surface area contributed by atoms with Gasteiger partial charge in [0.25, 0.3) is 5.56 Å². The highest BCUT2D eigenvalue weighted by molar-refractivity contribution is 7.17. The summed E-state index contributed by atoms with van der Waals surface area (Å²) in [4.78, 5) is 38.7. The lowest BCUT2D eigenvalue weighted by Gasteiger charge is -2.13. The number of carbonyl (C=O) groups excluding carboxylic acids is 1. The van der Waals surface area contributed by atoms with Gasteiger partial charge < -0.3 is 10.1 Å². The van der Waals surface area contributed by atoms with Crippen molar-refractivity contribution < 1.29 is 13.9 Å². The second-order valence-electron chi connectivity index (χ2n) is 6.40. The van der Waals surface area contributed by atoms with Gasteiger partial charge in [-0.1, -0.05) is 6.07 Å². The zero-order chi connectivity index (χ0) is 21.3. The molecule has 0 atom stereocenters. The molecule has 2 heterocycles. The average molecular weight is 425 g/mol. The number of amides is 1. The third kappa shape index (κ3) is 3.62. The number of rotatable bonds is 5. The summed E-state index contributed by atoms with van der Waals surface area (Å²) in [6.45, 7) is -0.312. The second-order valence-corrected chi connectivity index (χ2v) is 7.32. The lowest BCUT2D eigenvalue weighted by molar-refractivity contribution is -0.116. The Kier molecular flexibility index (Phi) is 5.20. The second kappa shape index (κ2) is 7.96. The Morgan fingerprint density at radius 3 is 2.63 bits per heavy atom. The number of anilines is 1. The molecule has 1 N–H and O–H groups in total. The van der Waals surface area contributed by atoms with Gasteiger partial charge >= 0.3 is 5.69 Å². The van der Waals surface area contributed by atoms with Crippen molar-refractivity contribution in [3.05, 3.63) is 86.6 Å². The summed E-state index contributed by atoms with van der Waals surface area (Å²) in [7, 11) is 1.49. The van der Waals surface area contributed by atoms with Gasteiger partial charge in [0.15, 0.2) is 0 Å². The molecule has 0 fully saturated rings. The van der Waals surface area contributed by atoms with Gasteiger partial charge in [0.2, 0.25) is 5.91 Å². The third-order valence-corrected chi connectivity index (χ3v) is 5.39. The first-order valence-corrected chi connectivity index (χ1v) is 9.79. The first-order chi connectivity index (χ1) is 14.5. The largest absolute Gasteiger partial charge is 0.497 e. The lowest BCUT2D eigenvalue weighted by Crippen LogP contribution is -2.40. The van der Waals surface area contributed by atoms with E-state index in [0.717, 1.165) is 4.57 Å². The molecular weight excluding hydrogens is 409 g/mol. The number of thiophene rings is 1. The van der Waals surface area contributed by atoms with E-state index in [1.54, 1.807) is 35.7 Å². The third-order valence-electron chi connectivity index (χ3n) is 4.50. The summed E-state index contributed by atoms with van der Waals surface area (Å²) in [6.07, 6.45) is 0. The maximum atomic E-state index is 13.2. The smallest absolute Gasteiger partial charge is 0.336 e. The highest BCUT2D eigenvalue weighted by Gasteiger charge is 2.18. The Hall–Kier alpha value is -3.72. The Morgan fingerprint density at radius 2 is 1.90 bits per heavy atom. The molecule has 4 aromatic rings. The van der Waals surface area contributed by atoms with Crippen LogP contribution in [0.15, 0.2) is 69.6 Å². The van der Waals surface area contributed by atoms with Gasteiger partial charge in [-0.2, -0.15) is 0 Å². The van der Waals surface area contributed by atoms with Crippen molar-refractivity contribution in [2.75, 3.05) is 12.4 Å². The number of nitrogens with zero attached hydrogens (tertiary/aromatic N) is 2. The van der Waals surface area contributed by atoms with Crippen LogP contribution in [-0.2, 0) is 11.3 Å². The van der Waals surface area contributed by atoms with Crippen molar-refractivity contribution in [3.8, 4) is 11.4 Å². The van der Waals surface area contributed by atoms with Crippen LogP contribution < -0.4 is 21.3 Å². The summed E-state index contributed by atoms with van der Waals surface area (Å²) in [5.41, 5.74) is 0.00901. The Bertz CT molecular complexity index is 1360. The summed E-state index contributed by atoms with van der Waals surface area (Å²) >= 11 is 1.19. The molecule has 152 valence electrons. The van der Waals surface area contributed by atoms with Crippen molar-refractivity contribution in [2.24, 2.45) is 0 Å². The number of ether oxygens (including phenoxy) is 1. The summed E-state index contributed by atoms with van der Waals surface area (Å²) in [5.74, 6) is -0.410. The van der Waals surface area contributed by atoms with Crippen LogP contribution in [0.2, 0.25) is 0 Å². The molecule has 4 rings (SSSR count). The molecule has 0 aliphatic heterocycles. The van der Waals surface area contributed by atoms with Gasteiger partial charge in [0.05, 0.1) is 18.3 Å². The number of fused-ring (bicyclic) bond motifs is 1. The number of nitrogens with one attached hydrogen (secondary N) is 1. The number of hydrogen-bond acceptors (Lipinski definition) is 5. The van der Waals surface area contributed by atoms with Crippen LogP contribution in [0.3, 0.4) is 0 Å². The van der Waals surface area contributed by atoms with E-state index in [-0.39, 0.29) is 6.54 Å². The maximum absolute atomic E-state index is 13.2. The first-order valence-electron chi connectivity index (χ1n) is 8.91. The first kappa shape index (κ1) is 19.6. The Labute approximate surface area is 173 Å². The highest BCUT2D eigenvalue weighted by Crippen LogP contribution is 2.19. The summed E-state index contributed by atoms with van der Waals surface area (Å²) in [5, 5.41) is 4.31. The molecular formula is C21H16FN3O4S. The van der Waals surface area contributed by atoms with Gasteiger partial charge in [-0.05, 0) is 47.8 Å². The summed E-state index contributed by atoms with van der Waals surface area (Å²) < 4.78 is 20.9. The van der Waals surface area contributed by atoms with E-state index < -0.39 is 23.0 Å². The molecule has 1 amide bonds. The van der Waals surface area contributed by atoms with Crippen LogP contribution in [0.25, 0.3) is 15.9 Å². The molecule has 0 unspecified atom stereocenters. The zero-order valence-corrected chi connectivity index (χ0v) is 16.6. The monoisotopic (exact) mass is 425 g/mol. The summed E-state index contributed by atoms with van der Waals surface area (Å²) in [6, 6.07) is 13.5. The minimum atomic E-state index is -0.645. The SMILES string of the molecule is COc1cccc(-n2c(=O)c3sccc3n(CC(=O)Nc3ccc(F)cc3)c2=O)c1. The van der Waals surface area contributed by atoms with Crippen molar-refractivity contribution in [1.82, 2.24) is 9.13 Å². The fourth-order valence-electron chi connectivity index (χ4n) is 3.09. The molecule has 9 heteroatoms. The lowest BCUT2D eigenvalue weighted by atomic mass is 10.3. The molecule has 2 aromatic carbocycles. The zero-order valence-electron chi connectivity index (χ0n) is 15.8. The minimum absolute atomic E-state index is 0.312. The van der Waals surface area contributed by atoms with E-state index >= 15 is 0 Å². The molecule has 0 saturated carbocycles. The molecule has 0 aliphatic carbocycles. The van der Waals surface area contributed by atoms with E-state index in [4.69, 9.17) is 4.74 Å². The fourth-order valence-corrected chi connectivity index (χ4v) is 3.92. The van der Waals surface area contributed by atoms with Crippen LogP contribution in [0, 0.1) is 5.82 Å². The van der Waals surface area contributed by atoms with Crippen molar-refractivity contribution >= 4 is 33.1 Å². The van der Waals surface area contributed by atoms with Crippen LogP contribution >= 0.6 is 11.3 Å². The molecule has 0 bridgehead atoms. The van der Waals surface area contributed by atoms with Crippen molar-refractivity contribution in [2.45, 2.75) is 6.54 Å². The van der Waals surface area contributed by atoms with E-state index in [9.17, 15) is 18.8 Å². The standard InChI is InChI=1S/C21H16FN3O4S/c1-29-16-4-2-3-15(11-16)25-20(27)19-17(9-10-30-19)24(21(25)28)12-18(26)23-14-7-5-13(22)6-8-14/h2-11H,12H2,1H3,(H,23,26). The van der Waals surface area contributed by atoms with Gasteiger partial charge in [0, 0.05) is 11.8 Å². The number of halogens is 1. The van der Waals surface area contributed by atoms with Crippen LogP contribution in [0.1, 0.15) is 0 Å². The van der Waals surface area contributed by atoms with Crippen LogP contribution in [0.4, 0.5) is 10.1 Å². The number of hydrogen-bond donors (Lipinski definition) is 1. The number of aromatic nitrogens is 2. The Balaban J connectivity index is 1.79. The fraction of sp³-hybridized carbons (Fsp3) is 0.0952. The predicted octanol–water partition coefficient (Wildman–Crippen LogP) is 3.00. The van der Waals surface area contributed by atoms with Crippen molar-refractivity contribution in [1.29, 1.82) is 0 Å². The highest BCUT2D eigenvalue weighted by atomic mass is 32.1.